The molecule has 3 heteroatoms. The third-order valence-electron chi connectivity index (χ3n) is 2.25. The van der Waals surface area contributed by atoms with Gasteiger partial charge in [-0.1, -0.05) is 26.5 Å². The van der Waals surface area contributed by atoms with Gasteiger partial charge in [-0.05, 0) is 31.4 Å². The molecule has 0 amide bonds. The van der Waals surface area contributed by atoms with Crippen molar-refractivity contribution in [2.45, 2.75) is 33.6 Å². The summed E-state index contributed by atoms with van der Waals surface area (Å²) < 4.78 is 1.75. The third kappa shape index (κ3) is 3.66. The Morgan fingerprint density at radius 1 is 1.44 bits per heavy atom. The maximum atomic E-state index is 8.77. The van der Waals surface area contributed by atoms with Gasteiger partial charge in [-0.25, -0.2) is 0 Å². The van der Waals surface area contributed by atoms with Crippen LogP contribution >= 0.6 is 0 Å². The van der Waals surface area contributed by atoms with Crippen molar-refractivity contribution in [2.24, 2.45) is 0 Å². The van der Waals surface area contributed by atoms with Gasteiger partial charge in [0.05, 0.1) is 0 Å². The number of aromatic nitrogens is 1. The molecule has 1 rings (SSSR count). The quantitative estimate of drug-likeness (QED) is 0.807. The lowest BCUT2D eigenvalue weighted by Crippen LogP contribution is -2.19. The van der Waals surface area contributed by atoms with E-state index in [2.05, 4.69) is 6.58 Å². The predicted octanol–water partition coefficient (Wildman–Crippen LogP) is 2.33. The molecule has 0 atom stereocenters. The summed E-state index contributed by atoms with van der Waals surface area (Å²) in [7, 11) is 0. The number of nitrogens with zero attached hydrogens (tertiary/aromatic N) is 1. The van der Waals surface area contributed by atoms with Crippen molar-refractivity contribution in [3.63, 3.8) is 0 Å². The molecular formula is C13H22N2O. The Labute approximate surface area is 97.6 Å². The number of pyridine rings is 1. The Balaban J connectivity index is 0.00000106. The zero-order valence-electron chi connectivity index (χ0n) is 10.5. The highest BCUT2D eigenvalue weighted by Crippen LogP contribution is 2.07. The number of hydrogen-bond acceptors (Lipinski definition) is 2. The highest BCUT2D eigenvalue weighted by molar-refractivity contribution is 5.29. The number of rotatable bonds is 4. The molecule has 0 bridgehead atoms. The molecule has 3 nitrogen and oxygen atoms in total. The molecule has 0 unspecified atom stereocenters. The molecule has 0 fully saturated rings. The fourth-order valence-corrected chi connectivity index (χ4v) is 1.49. The SMILES string of the molecule is C=Cn1c(CCCO)c(C)ccc1=N.CC. The van der Waals surface area contributed by atoms with Crippen molar-refractivity contribution < 1.29 is 5.11 Å². The minimum Gasteiger partial charge on any atom is -0.396 e. The summed E-state index contributed by atoms with van der Waals surface area (Å²) in [6, 6.07) is 3.68. The van der Waals surface area contributed by atoms with Crippen LogP contribution < -0.4 is 5.49 Å². The maximum absolute atomic E-state index is 8.77. The Morgan fingerprint density at radius 2 is 2.06 bits per heavy atom. The average Bonchev–Trinajstić information content (AvgIpc) is 2.32. The molecule has 90 valence electrons. The van der Waals surface area contributed by atoms with Gasteiger partial charge in [0.1, 0.15) is 5.49 Å². The minimum absolute atomic E-state index is 0.179. The van der Waals surface area contributed by atoms with Gasteiger partial charge >= 0.3 is 0 Å². The summed E-state index contributed by atoms with van der Waals surface area (Å²) in [4.78, 5) is 0. The second kappa shape index (κ2) is 7.88. The highest BCUT2D eigenvalue weighted by Gasteiger charge is 2.02. The summed E-state index contributed by atoms with van der Waals surface area (Å²) in [5, 5.41) is 16.4. The lowest BCUT2D eigenvalue weighted by Gasteiger charge is -2.11. The maximum Gasteiger partial charge on any atom is 0.129 e. The largest absolute Gasteiger partial charge is 0.396 e. The first-order chi connectivity index (χ1) is 7.70. The first kappa shape index (κ1) is 14.6. The van der Waals surface area contributed by atoms with Crippen molar-refractivity contribution in [1.82, 2.24) is 4.57 Å². The average molecular weight is 222 g/mol. The zero-order chi connectivity index (χ0) is 12.6. The van der Waals surface area contributed by atoms with E-state index in [0.717, 1.165) is 24.1 Å². The molecule has 0 radical (unpaired) electrons. The van der Waals surface area contributed by atoms with Crippen molar-refractivity contribution in [2.75, 3.05) is 6.61 Å². The first-order valence-corrected chi connectivity index (χ1v) is 5.69. The topological polar surface area (TPSA) is 49.0 Å². The monoisotopic (exact) mass is 222 g/mol. The summed E-state index contributed by atoms with van der Waals surface area (Å²) >= 11 is 0. The number of hydrogen-bond donors (Lipinski definition) is 2. The Hall–Kier alpha value is -1.35. The summed E-state index contributed by atoms with van der Waals surface area (Å²) in [5.74, 6) is 0. The fourth-order valence-electron chi connectivity index (χ4n) is 1.49. The molecule has 1 aromatic heterocycles. The first-order valence-electron chi connectivity index (χ1n) is 5.69. The van der Waals surface area contributed by atoms with Crippen LogP contribution in [0.2, 0.25) is 0 Å². The van der Waals surface area contributed by atoms with Crippen molar-refractivity contribution in [3.8, 4) is 0 Å². The van der Waals surface area contributed by atoms with E-state index in [1.54, 1.807) is 16.8 Å². The molecule has 0 aliphatic heterocycles. The van der Waals surface area contributed by atoms with Gasteiger partial charge in [-0.2, -0.15) is 0 Å². The van der Waals surface area contributed by atoms with Crippen LogP contribution in [0.3, 0.4) is 0 Å². The van der Waals surface area contributed by atoms with Crippen molar-refractivity contribution in [1.29, 1.82) is 5.41 Å². The molecule has 0 aliphatic rings. The summed E-state index contributed by atoms with van der Waals surface area (Å²) in [6.07, 6.45) is 3.14. The van der Waals surface area contributed by atoms with Crippen LogP contribution in [-0.4, -0.2) is 16.3 Å². The normalized spacial score (nSPS) is 9.25. The second-order valence-electron chi connectivity index (χ2n) is 3.23. The Bertz CT molecular complexity index is 380. The fraction of sp³-hybridized carbons (Fsp3) is 0.462. The van der Waals surface area contributed by atoms with E-state index in [9.17, 15) is 0 Å². The van der Waals surface area contributed by atoms with E-state index in [1.807, 2.05) is 26.8 Å². The van der Waals surface area contributed by atoms with E-state index in [-0.39, 0.29) is 6.61 Å². The van der Waals surface area contributed by atoms with Gasteiger partial charge in [0.25, 0.3) is 0 Å². The van der Waals surface area contributed by atoms with E-state index < -0.39 is 0 Å². The molecule has 2 N–H and O–H groups in total. The Kier molecular flexibility index (Phi) is 7.21. The van der Waals surface area contributed by atoms with Crippen LogP contribution in [0.1, 0.15) is 31.5 Å². The van der Waals surface area contributed by atoms with E-state index in [0.29, 0.717) is 5.49 Å². The molecule has 0 aliphatic carbocycles. The van der Waals surface area contributed by atoms with Crippen LogP contribution in [0.4, 0.5) is 0 Å². The van der Waals surface area contributed by atoms with Crippen molar-refractivity contribution in [3.05, 3.63) is 35.5 Å². The smallest absolute Gasteiger partial charge is 0.129 e. The highest BCUT2D eigenvalue weighted by atomic mass is 16.2. The molecule has 1 heterocycles. The summed E-state index contributed by atoms with van der Waals surface area (Å²) in [6.45, 7) is 9.87. The van der Waals surface area contributed by atoms with E-state index in [1.165, 1.54) is 0 Å². The van der Waals surface area contributed by atoms with Gasteiger partial charge in [0, 0.05) is 18.5 Å². The number of nitrogens with one attached hydrogen (secondary N) is 1. The van der Waals surface area contributed by atoms with Crippen LogP contribution in [0, 0.1) is 12.3 Å². The van der Waals surface area contributed by atoms with Crippen LogP contribution in [0.15, 0.2) is 18.7 Å². The minimum atomic E-state index is 0.179. The number of aliphatic hydroxyl groups is 1. The van der Waals surface area contributed by atoms with E-state index in [4.69, 9.17) is 10.5 Å². The van der Waals surface area contributed by atoms with E-state index >= 15 is 0 Å². The molecule has 0 aromatic carbocycles. The van der Waals surface area contributed by atoms with Gasteiger partial charge in [-0.15, -0.1) is 0 Å². The molecular weight excluding hydrogens is 200 g/mol. The number of aliphatic hydroxyl groups excluding tert-OH is 1. The summed E-state index contributed by atoms with van der Waals surface area (Å²) in [5.41, 5.74) is 2.62. The van der Waals surface area contributed by atoms with Gasteiger partial charge in [0.15, 0.2) is 0 Å². The van der Waals surface area contributed by atoms with Crippen molar-refractivity contribution >= 4 is 6.20 Å². The molecule has 0 spiro atoms. The van der Waals surface area contributed by atoms with Crippen LogP contribution in [0.25, 0.3) is 6.20 Å². The molecule has 0 saturated heterocycles. The lowest BCUT2D eigenvalue weighted by molar-refractivity contribution is 0.287. The van der Waals surface area contributed by atoms with Crippen LogP contribution in [-0.2, 0) is 6.42 Å². The molecule has 1 aromatic rings. The number of aryl methyl sites for hydroxylation is 1. The lowest BCUT2D eigenvalue weighted by atomic mass is 10.1. The van der Waals surface area contributed by atoms with Gasteiger partial charge < -0.3 is 9.67 Å². The Morgan fingerprint density at radius 3 is 2.56 bits per heavy atom. The molecule has 16 heavy (non-hydrogen) atoms. The predicted molar refractivity (Wildman–Crippen MR) is 68.2 cm³/mol. The standard InChI is InChI=1S/C11H16N2O.C2H6/c1-3-13-10(5-4-8-14)9(2)6-7-11(13)12;1-2/h3,6-7,12,14H,1,4-5,8H2,2H3;1-2H3. The molecule has 0 saturated carbocycles. The zero-order valence-corrected chi connectivity index (χ0v) is 10.5. The second-order valence-corrected chi connectivity index (χ2v) is 3.23. The van der Waals surface area contributed by atoms with Gasteiger partial charge in [-0.3, -0.25) is 5.41 Å². The third-order valence-corrected chi connectivity index (χ3v) is 2.25. The van der Waals surface area contributed by atoms with Gasteiger partial charge in [0.2, 0.25) is 0 Å². The van der Waals surface area contributed by atoms with Crippen LogP contribution in [0.5, 0.6) is 0 Å².